The minimum absolute atomic E-state index is 0.0322. The molecule has 4 aliphatic rings. The molecule has 57 heavy (non-hydrogen) atoms. The summed E-state index contributed by atoms with van der Waals surface area (Å²) in [5, 5.41) is 18.6. The van der Waals surface area contributed by atoms with E-state index < -0.39 is 43.4 Å². The largest absolute Gasteiger partial charge is 0.507 e. The highest BCUT2D eigenvalue weighted by molar-refractivity contribution is 6.74. The Balaban J connectivity index is 1.33. The van der Waals surface area contributed by atoms with Gasteiger partial charge in [0.25, 0.3) is 5.88 Å². The van der Waals surface area contributed by atoms with Crippen LogP contribution in [0, 0.1) is 18.8 Å². The highest BCUT2D eigenvalue weighted by Gasteiger charge is 2.69. The smallest absolute Gasteiger partial charge is 0.265 e. The monoisotopic (exact) mass is 789 g/mol. The Morgan fingerprint density at radius 3 is 2.42 bits per heavy atom. The summed E-state index contributed by atoms with van der Waals surface area (Å²) in [6.45, 7) is 19.8. The van der Waals surface area contributed by atoms with Crippen LogP contribution >= 0.6 is 0 Å². The SMILES string of the molecule is C=CCOc1c2c(c(C)c3cc(CN4CCC4)ccc13)C(O)=C1C(=O)[C@]3(O[Si](C)(C)C(C)(C)C)C(=O)c4c(OCc5ccccc5)noc4[C@@H](N(C)C)[C@@H]3C[C@@H]1C2. The second kappa shape index (κ2) is 14.4. The van der Waals surface area contributed by atoms with E-state index >= 15 is 9.59 Å². The third-order valence-corrected chi connectivity index (χ3v) is 17.7. The minimum Gasteiger partial charge on any atom is -0.507 e. The van der Waals surface area contributed by atoms with E-state index in [4.69, 9.17) is 18.4 Å². The fourth-order valence-corrected chi connectivity index (χ4v) is 10.7. The van der Waals surface area contributed by atoms with Gasteiger partial charge in [-0.15, -0.1) is 0 Å². The number of hydrogen-bond donors (Lipinski definition) is 1. The molecule has 0 bridgehead atoms. The molecule has 0 unspecified atom stereocenters. The number of ketones is 2. The fraction of sp³-hybridized carbons (Fsp3) is 0.457. The zero-order valence-corrected chi connectivity index (χ0v) is 35.5. The highest BCUT2D eigenvalue weighted by atomic mass is 28.4. The first-order chi connectivity index (χ1) is 27.1. The minimum atomic E-state index is -2.88. The number of aliphatic hydroxyl groups excluding tert-OH is 1. The lowest BCUT2D eigenvalue weighted by Gasteiger charge is -2.55. The van der Waals surface area contributed by atoms with E-state index in [2.05, 4.69) is 68.7 Å². The van der Waals surface area contributed by atoms with Crippen molar-refractivity contribution in [2.45, 2.75) is 89.9 Å². The van der Waals surface area contributed by atoms with Crippen LogP contribution in [0.15, 0.2) is 71.3 Å². The van der Waals surface area contributed by atoms with Gasteiger partial charge in [0.1, 0.15) is 30.3 Å². The van der Waals surface area contributed by atoms with Crippen molar-refractivity contribution in [3.05, 3.63) is 106 Å². The van der Waals surface area contributed by atoms with Crippen LogP contribution in [-0.4, -0.2) is 79.3 Å². The lowest BCUT2D eigenvalue weighted by molar-refractivity contribution is -0.140. The van der Waals surface area contributed by atoms with Crippen molar-refractivity contribution in [2.24, 2.45) is 11.8 Å². The summed E-state index contributed by atoms with van der Waals surface area (Å²) in [5.41, 5.74) is 2.79. The fourth-order valence-electron chi connectivity index (χ4n) is 9.30. The van der Waals surface area contributed by atoms with E-state index in [-0.39, 0.29) is 41.0 Å². The second-order valence-corrected chi connectivity index (χ2v) is 22.8. The van der Waals surface area contributed by atoms with Crippen LogP contribution in [0.4, 0.5) is 0 Å². The molecule has 2 heterocycles. The van der Waals surface area contributed by atoms with Crippen LogP contribution in [0.5, 0.6) is 11.6 Å². The maximum atomic E-state index is 15.9. The molecule has 1 aliphatic heterocycles. The first-order valence-corrected chi connectivity index (χ1v) is 23.1. The van der Waals surface area contributed by atoms with Crippen molar-refractivity contribution in [3.63, 3.8) is 0 Å². The van der Waals surface area contributed by atoms with Crippen molar-refractivity contribution < 1.29 is 33.1 Å². The molecule has 0 radical (unpaired) electrons. The van der Waals surface area contributed by atoms with Crippen LogP contribution in [-0.2, 0) is 28.8 Å². The quantitative estimate of drug-likeness (QED) is 0.0899. The first-order valence-electron chi connectivity index (χ1n) is 20.2. The number of fused-ring (bicyclic) bond motifs is 5. The summed E-state index contributed by atoms with van der Waals surface area (Å²) >= 11 is 0. The molecule has 11 heteroatoms. The zero-order valence-electron chi connectivity index (χ0n) is 34.5. The van der Waals surface area contributed by atoms with Crippen molar-refractivity contribution in [1.29, 1.82) is 0 Å². The number of ether oxygens (including phenoxy) is 2. The van der Waals surface area contributed by atoms with E-state index in [1.54, 1.807) is 6.08 Å². The van der Waals surface area contributed by atoms with Crippen LogP contribution in [0.1, 0.15) is 83.6 Å². The second-order valence-electron chi connectivity index (χ2n) is 18.1. The summed E-state index contributed by atoms with van der Waals surface area (Å²) < 4.78 is 26.1. The van der Waals surface area contributed by atoms with Crippen molar-refractivity contribution in [3.8, 4) is 11.6 Å². The molecule has 8 rings (SSSR count). The van der Waals surface area contributed by atoms with E-state index in [9.17, 15) is 5.11 Å². The standard InChI is InChI=1S/C46H55N3O7Si/c1-10-21-53-40-31-18-17-29(25-49-19-14-20-49)22-32(31)27(2)35-33(40)23-30-24-34-38(48(6)7)41-37(44(47-55-41)54-26-28-15-12-11-13-16-28)43(52)46(34,42(51)36(30)39(35)50)56-57(8,9)45(3,4)5/h10-13,15-18,22,30,34,38,50H,1,14,19-21,23-26H2,2-9H3/t30-,34-,38-,46-/m0/s1. The summed E-state index contributed by atoms with van der Waals surface area (Å²) in [6.07, 6.45) is 3.74. The molecule has 4 atom stereocenters. The maximum absolute atomic E-state index is 15.9. The molecule has 300 valence electrons. The number of nitrogens with zero attached hydrogens (tertiary/aromatic N) is 3. The third kappa shape index (κ3) is 6.29. The average molecular weight is 790 g/mol. The molecular weight excluding hydrogens is 735 g/mol. The molecule has 3 aromatic carbocycles. The Morgan fingerprint density at radius 1 is 1.04 bits per heavy atom. The van der Waals surface area contributed by atoms with Gasteiger partial charge in [-0.2, -0.15) is 0 Å². The van der Waals surface area contributed by atoms with Gasteiger partial charge in [0.2, 0.25) is 11.6 Å². The molecule has 2 fully saturated rings. The molecule has 0 amide bonds. The van der Waals surface area contributed by atoms with Gasteiger partial charge in [0.15, 0.2) is 19.7 Å². The molecule has 3 aliphatic carbocycles. The number of aromatic nitrogens is 1. The number of benzene rings is 3. The number of aryl methyl sites for hydroxylation is 1. The van der Waals surface area contributed by atoms with Crippen molar-refractivity contribution in [1.82, 2.24) is 15.0 Å². The lowest BCUT2D eigenvalue weighted by atomic mass is 9.57. The van der Waals surface area contributed by atoms with Crippen LogP contribution < -0.4 is 9.47 Å². The topological polar surface area (TPSA) is 115 Å². The summed E-state index contributed by atoms with van der Waals surface area (Å²) in [5.74, 6) is -1.12. The number of hydrogen-bond acceptors (Lipinski definition) is 10. The third-order valence-electron chi connectivity index (χ3n) is 13.3. The number of carbonyl (C=O) groups excluding carboxylic acids is 2. The normalized spacial score (nSPS) is 23.5. The molecule has 1 N–H and O–H groups in total. The van der Waals surface area contributed by atoms with E-state index in [1.807, 2.05) is 56.3 Å². The molecule has 0 spiro atoms. The van der Waals surface area contributed by atoms with E-state index in [0.29, 0.717) is 29.9 Å². The van der Waals surface area contributed by atoms with Gasteiger partial charge in [-0.05, 0) is 111 Å². The Hall–Kier alpha value is -4.55. The van der Waals surface area contributed by atoms with Crippen molar-refractivity contribution in [2.75, 3.05) is 33.8 Å². The van der Waals surface area contributed by atoms with Crippen LogP contribution in [0.2, 0.25) is 18.1 Å². The van der Waals surface area contributed by atoms with Gasteiger partial charge >= 0.3 is 0 Å². The first kappa shape index (κ1) is 39.3. The molecular formula is C46H55N3O7Si. The number of carbonyl (C=O) groups is 2. The number of likely N-dealkylation sites (tertiary alicyclic amines) is 1. The molecule has 1 saturated heterocycles. The average Bonchev–Trinajstić information content (AvgIpc) is 3.56. The summed E-state index contributed by atoms with van der Waals surface area (Å²) in [7, 11) is 0.966. The molecule has 1 aromatic heterocycles. The summed E-state index contributed by atoms with van der Waals surface area (Å²) in [4.78, 5) is 35.9. The van der Waals surface area contributed by atoms with Crippen LogP contribution in [0.3, 0.4) is 0 Å². The predicted octanol–water partition coefficient (Wildman–Crippen LogP) is 8.78. The molecule has 4 aromatic rings. The van der Waals surface area contributed by atoms with Crippen molar-refractivity contribution >= 4 is 36.4 Å². The van der Waals surface area contributed by atoms with Gasteiger partial charge < -0.3 is 23.5 Å². The van der Waals surface area contributed by atoms with Gasteiger partial charge in [-0.25, -0.2) is 0 Å². The number of rotatable bonds is 11. The summed E-state index contributed by atoms with van der Waals surface area (Å²) in [6, 6.07) is 15.5. The molecule has 10 nitrogen and oxygen atoms in total. The zero-order chi connectivity index (χ0) is 40.6. The molecule has 1 saturated carbocycles. The number of Topliss-reactive ketones (excluding diaryl/α,β-unsaturated/α-hetero) is 2. The Labute approximate surface area is 336 Å². The Kier molecular flexibility index (Phi) is 9.90. The van der Waals surface area contributed by atoms with Gasteiger partial charge in [-0.3, -0.25) is 19.4 Å². The number of aliphatic hydroxyl groups is 1. The van der Waals surface area contributed by atoms with Gasteiger partial charge in [0, 0.05) is 34.5 Å². The van der Waals surface area contributed by atoms with E-state index in [0.717, 1.165) is 47.1 Å². The predicted molar refractivity (Wildman–Crippen MR) is 223 cm³/mol. The van der Waals surface area contributed by atoms with Gasteiger partial charge in [0.05, 0.1) is 6.04 Å². The van der Waals surface area contributed by atoms with E-state index in [1.165, 1.54) is 12.0 Å². The van der Waals surface area contributed by atoms with Gasteiger partial charge in [-0.1, -0.05) is 75.9 Å². The highest BCUT2D eigenvalue weighted by Crippen LogP contribution is 2.59. The Morgan fingerprint density at radius 2 is 1.77 bits per heavy atom. The maximum Gasteiger partial charge on any atom is 0.265 e. The van der Waals surface area contributed by atoms with Crippen LogP contribution in [0.25, 0.3) is 16.5 Å². The Bertz CT molecular complexity index is 2300. The lowest BCUT2D eigenvalue weighted by Crippen LogP contribution is -2.68.